The van der Waals surface area contributed by atoms with Crippen LogP contribution in [0.5, 0.6) is 0 Å². The van der Waals surface area contributed by atoms with Gasteiger partial charge in [0.1, 0.15) is 0 Å². The van der Waals surface area contributed by atoms with E-state index in [4.69, 9.17) is 16.7 Å². The minimum absolute atomic E-state index is 0.0784. The second-order valence-corrected chi connectivity index (χ2v) is 6.65. The van der Waals surface area contributed by atoms with Crippen LogP contribution in [-0.2, 0) is 0 Å². The fourth-order valence-electron chi connectivity index (χ4n) is 1.81. The Balaban J connectivity index is 1.84. The number of aromatic carboxylic acids is 1. The molecule has 7 heteroatoms. The number of carboxylic acids is 1. The number of carbonyl (C=O) groups excluding carboxylic acids is 1. The molecule has 2 N–H and O–H groups in total. The Labute approximate surface area is 132 Å². The normalized spacial score (nSPS) is 10.7. The van der Waals surface area contributed by atoms with Crippen LogP contribution in [0.3, 0.4) is 0 Å². The van der Waals surface area contributed by atoms with Gasteiger partial charge in [0, 0.05) is 9.40 Å². The summed E-state index contributed by atoms with van der Waals surface area (Å²) in [6.45, 7) is 0. The Morgan fingerprint density at radius 2 is 1.95 bits per heavy atom. The summed E-state index contributed by atoms with van der Waals surface area (Å²) in [5.41, 5.74) is 0.470. The third-order valence-corrected chi connectivity index (χ3v) is 5.23. The first-order chi connectivity index (χ1) is 10.0. The van der Waals surface area contributed by atoms with Crippen molar-refractivity contribution in [1.82, 2.24) is 0 Å². The number of hydrogen-bond acceptors (Lipinski definition) is 4. The fourth-order valence-corrected chi connectivity index (χ4v) is 4.04. The largest absolute Gasteiger partial charge is 0.478 e. The summed E-state index contributed by atoms with van der Waals surface area (Å²) in [5, 5.41) is 13.7. The number of benzene rings is 1. The zero-order valence-corrected chi connectivity index (χ0v) is 12.8. The van der Waals surface area contributed by atoms with Gasteiger partial charge in [-0.05, 0) is 35.7 Å². The minimum Gasteiger partial charge on any atom is -0.478 e. The first-order valence-corrected chi connectivity index (χ1v) is 7.93. The van der Waals surface area contributed by atoms with Gasteiger partial charge in [-0.25, -0.2) is 4.79 Å². The first kappa shape index (κ1) is 14.1. The molecule has 21 heavy (non-hydrogen) atoms. The van der Waals surface area contributed by atoms with Gasteiger partial charge >= 0.3 is 5.97 Å². The molecule has 0 unspecified atom stereocenters. The Hall–Kier alpha value is -1.89. The zero-order chi connectivity index (χ0) is 15.0. The molecule has 0 saturated carbocycles. The number of halogens is 1. The number of anilines is 1. The fraction of sp³-hybridized carbons (Fsp3) is 0. The highest BCUT2D eigenvalue weighted by Gasteiger charge is 2.14. The van der Waals surface area contributed by atoms with E-state index in [0.29, 0.717) is 10.6 Å². The van der Waals surface area contributed by atoms with E-state index in [1.807, 2.05) is 17.5 Å². The number of carbonyl (C=O) groups is 2. The quantitative estimate of drug-likeness (QED) is 0.735. The van der Waals surface area contributed by atoms with Crippen LogP contribution in [0.1, 0.15) is 20.0 Å². The SMILES string of the molecule is O=C(O)c1ccc(NC(=O)c2cc3sccc3s2)c(Cl)c1. The molecule has 0 fully saturated rings. The maximum atomic E-state index is 12.2. The molecule has 0 aliphatic rings. The monoisotopic (exact) mass is 337 g/mol. The van der Waals surface area contributed by atoms with Crippen LogP contribution in [0.25, 0.3) is 9.40 Å². The van der Waals surface area contributed by atoms with E-state index < -0.39 is 5.97 Å². The lowest BCUT2D eigenvalue weighted by molar-refractivity contribution is 0.0696. The van der Waals surface area contributed by atoms with Crippen molar-refractivity contribution >= 4 is 61.2 Å². The summed E-state index contributed by atoms with van der Waals surface area (Å²) in [6.07, 6.45) is 0. The lowest BCUT2D eigenvalue weighted by atomic mass is 10.2. The topological polar surface area (TPSA) is 66.4 Å². The third kappa shape index (κ3) is 2.78. The highest BCUT2D eigenvalue weighted by Crippen LogP contribution is 2.31. The van der Waals surface area contributed by atoms with Crippen molar-refractivity contribution in [2.24, 2.45) is 0 Å². The molecule has 1 amide bonds. The van der Waals surface area contributed by atoms with Gasteiger partial charge in [0.15, 0.2) is 0 Å². The minimum atomic E-state index is -1.06. The summed E-state index contributed by atoms with van der Waals surface area (Å²) in [5.74, 6) is -1.32. The van der Waals surface area contributed by atoms with Crippen molar-refractivity contribution in [3.8, 4) is 0 Å². The number of rotatable bonds is 3. The van der Waals surface area contributed by atoms with Gasteiger partial charge in [-0.2, -0.15) is 0 Å². The van der Waals surface area contributed by atoms with Crippen molar-refractivity contribution in [2.75, 3.05) is 5.32 Å². The molecule has 2 aromatic heterocycles. The van der Waals surface area contributed by atoms with Gasteiger partial charge in [0.05, 0.1) is 21.2 Å². The van der Waals surface area contributed by atoms with Crippen molar-refractivity contribution in [3.63, 3.8) is 0 Å². The smallest absolute Gasteiger partial charge is 0.335 e. The Morgan fingerprint density at radius 3 is 2.62 bits per heavy atom. The maximum absolute atomic E-state index is 12.2. The Kier molecular flexibility index (Phi) is 3.67. The predicted molar refractivity (Wildman–Crippen MR) is 86.1 cm³/mol. The van der Waals surface area contributed by atoms with Crippen LogP contribution in [0.2, 0.25) is 5.02 Å². The van der Waals surface area contributed by atoms with Crippen LogP contribution in [-0.4, -0.2) is 17.0 Å². The number of fused-ring (bicyclic) bond motifs is 1. The number of nitrogens with one attached hydrogen (secondary N) is 1. The van der Waals surface area contributed by atoms with E-state index in [1.165, 1.54) is 29.5 Å². The summed E-state index contributed by atoms with van der Waals surface area (Å²) >= 11 is 8.98. The number of amides is 1. The van der Waals surface area contributed by atoms with E-state index in [-0.39, 0.29) is 16.5 Å². The van der Waals surface area contributed by atoms with E-state index in [2.05, 4.69) is 5.32 Å². The zero-order valence-electron chi connectivity index (χ0n) is 10.4. The summed E-state index contributed by atoms with van der Waals surface area (Å²) in [6, 6.07) is 8.00. The molecule has 0 spiro atoms. The lowest BCUT2D eigenvalue weighted by Gasteiger charge is -2.06. The molecule has 0 aliphatic heterocycles. The maximum Gasteiger partial charge on any atom is 0.335 e. The molecule has 0 aliphatic carbocycles. The Bertz CT molecular complexity index is 824. The second-order valence-electron chi connectivity index (χ2n) is 4.21. The molecule has 3 aromatic rings. The predicted octanol–water partition coefficient (Wildman–Crippen LogP) is 4.57. The van der Waals surface area contributed by atoms with Crippen LogP contribution < -0.4 is 5.32 Å². The molecule has 0 saturated heterocycles. The molecule has 3 rings (SSSR count). The number of hydrogen-bond donors (Lipinski definition) is 2. The molecule has 0 atom stereocenters. The van der Waals surface area contributed by atoms with E-state index >= 15 is 0 Å². The van der Waals surface area contributed by atoms with Crippen molar-refractivity contribution < 1.29 is 14.7 Å². The molecular formula is C14H8ClNO3S2. The van der Waals surface area contributed by atoms with Gasteiger partial charge in [-0.3, -0.25) is 4.79 Å². The highest BCUT2D eigenvalue weighted by molar-refractivity contribution is 7.27. The molecule has 2 heterocycles. The lowest BCUT2D eigenvalue weighted by Crippen LogP contribution is -2.10. The van der Waals surface area contributed by atoms with Crippen LogP contribution in [0.15, 0.2) is 35.7 Å². The van der Waals surface area contributed by atoms with Crippen LogP contribution in [0.4, 0.5) is 5.69 Å². The Morgan fingerprint density at radius 1 is 1.14 bits per heavy atom. The molecule has 1 aromatic carbocycles. The summed E-state index contributed by atoms with van der Waals surface area (Å²) in [4.78, 5) is 23.6. The van der Waals surface area contributed by atoms with Crippen LogP contribution in [0, 0.1) is 0 Å². The van der Waals surface area contributed by atoms with E-state index in [1.54, 1.807) is 11.3 Å². The summed E-state index contributed by atoms with van der Waals surface area (Å²) < 4.78 is 2.13. The van der Waals surface area contributed by atoms with Crippen molar-refractivity contribution in [3.05, 3.63) is 51.2 Å². The average molecular weight is 338 g/mol. The summed E-state index contributed by atoms with van der Waals surface area (Å²) in [7, 11) is 0. The van der Waals surface area contributed by atoms with E-state index in [0.717, 1.165) is 9.40 Å². The van der Waals surface area contributed by atoms with Gasteiger partial charge in [0.2, 0.25) is 0 Å². The average Bonchev–Trinajstić information content (AvgIpc) is 3.01. The second kappa shape index (κ2) is 5.48. The van der Waals surface area contributed by atoms with Crippen molar-refractivity contribution in [1.29, 1.82) is 0 Å². The highest BCUT2D eigenvalue weighted by atomic mass is 35.5. The molecule has 106 valence electrons. The van der Waals surface area contributed by atoms with Crippen molar-refractivity contribution in [2.45, 2.75) is 0 Å². The molecular weight excluding hydrogens is 330 g/mol. The number of carboxylic acid groups (broad SMARTS) is 1. The van der Waals surface area contributed by atoms with Crippen LogP contribution >= 0.6 is 34.3 Å². The first-order valence-electron chi connectivity index (χ1n) is 5.86. The standard InChI is InChI=1S/C14H8ClNO3S2/c15-8-5-7(14(18)19)1-2-9(8)16-13(17)12-6-11-10(21-12)3-4-20-11/h1-6H,(H,16,17)(H,18,19). The van der Waals surface area contributed by atoms with Gasteiger partial charge in [-0.1, -0.05) is 11.6 Å². The third-order valence-electron chi connectivity index (χ3n) is 2.83. The van der Waals surface area contributed by atoms with Gasteiger partial charge < -0.3 is 10.4 Å². The molecule has 4 nitrogen and oxygen atoms in total. The molecule has 0 radical (unpaired) electrons. The van der Waals surface area contributed by atoms with E-state index in [9.17, 15) is 9.59 Å². The number of thiophene rings is 2. The van der Waals surface area contributed by atoms with Gasteiger partial charge in [0.25, 0.3) is 5.91 Å². The van der Waals surface area contributed by atoms with Gasteiger partial charge in [-0.15, -0.1) is 22.7 Å². The molecule has 0 bridgehead atoms.